The molecule has 3 rings (SSSR count). The van der Waals surface area contributed by atoms with Crippen LogP contribution >= 0.6 is 0 Å². The van der Waals surface area contributed by atoms with Crippen molar-refractivity contribution in [3.05, 3.63) is 71.8 Å². The number of methoxy groups -OCH3 is 2. The summed E-state index contributed by atoms with van der Waals surface area (Å²) in [7, 11) is 3.13. The Bertz CT molecular complexity index is 1370. The molecular weight excluding hydrogens is 648 g/mol. The number of ether oxygens (including phenoxy) is 3. The SMILES string of the molecule is COCC(=O)[C@H](C)C[C@H](C)\C=C/C=C/C=C(\C)[C@H](C[C@@H]1CC[C@@H](C)[C@](O)(C(=O)C(=O)N2CCCC[C@H]2C(=O)NCCCc2ccccc2)O1)OC. The van der Waals surface area contributed by atoms with Gasteiger partial charge in [-0.2, -0.15) is 0 Å². The number of aliphatic hydroxyl groups is 1. The predicted octanol–water partition coefficient (Wildman–Crippen LogP) is 5.53. The van der Waals surface area contributed by atoms with Crippen molar-refractivity contribution < 1.29 is 38.5 Å². The standard InChI is InChI=1S/C41H60N2O8/c1-29(26-31(3)36(44)28-49-5)16-9-7-10-17-30(2)37(50-6)27-34-23-22-32(4)41(48,51-34)38(45)40(47)43-25-14-13-21-35(43)39(46)42-24-15-20-33-18-11-8-12-19-33/h7-12,16-19,29,31-32,34-35,37,48H,13-15,20-28H2,1-6H3,(H,42,46)/b10-7+,16-9-,30-17+/t29-,31-,32-,34+,35+,37+,41-/m1/s1. The average molecular weight is 709 g/mol. The molecule has 2 aliphatic heterocycles. The third-order valence-corrected chi connectivity index (χ3v) is 10.2. The number of carbonyl (C=O) groups is 4. The largest absolute Gasteiger partial charge is 0.377 e. The third-order valence-electron chi connectivity index (χ3n) is 10.2. The number of hydrogen-bond acceptors (Lipinski definition) is 8. The molecule has 0 spiro atoms. The highest BCUT2D eigenvalue weighted by Gasteiger charge is 2.52. The topological polar surface area (TPSA) is 131 Å². The van der Waals surface area contributed by atoms with Gasteiger partial charge in [0.15, 0.2) is 5.78 Å². The van der Waals surface area contributed by atoms with Gasteiger partial charge in [0.05, 0.1) is 12.2 Å². The van der Waals surface area contributed by atoms with E-state index in [9.17, 15) is 24.3 Å². The number of aryl methyl sites for hydroxylation is 1. The molecule has 2 N–H and O–H groups in total. The van der Waals surface area contributed by atoms with Crippen LogP contribution < -0.4 is 5.32 Å². The summed E-state index contributed by atoms with van der Waals surface area (Å²) in [5.41, 5.74) is 2.13. The normalized spacial score (nSPS) is 24.7. The van der Waals surface area contributed by atoms with Gasteiger partial charge < -0.3 is 29.5 Å². The van der Waals surface area contributed by atoms with E-state index in [0.29, 0.717) is 38.6 Å². The van der Waals surface area contributed by atoms with E-state index in [2.05, 4.69) is 18.3 Å². The maximum atomic E-state index is 13.7. The van der Waals surface area contributed by atoms with E-state index in [1.54, 1.807) is 14.0 Å². The Morgan fingerprint density at radius 3 is 2.51 bits per heavy atom. The fourth-order valence-corrected chi connectivity index (χ4v) is 6.89. The van der Waals surface area contributed by atoms with Crippen LogP contribution in [0.2, 0.25) is 0 Å². The molecule has 51 heavy (non-hydrogen) atoms. The van der Waals surface area contributed by atoms with Crippen LogP contribution in [0.3, 0.4) is 0 Å². The van der Waals surface area contributed by atoms with Crippen LogP contribution in [0.25, 0.3) is 0 Å². The van der Waals surface area contributed by atoms with E-state index in [1.165, 1.54) is 17.6 Å². The van der Waals surface area contributed by atoms with Gasteiger partial charge in [-0.25, -0.2) is 0 Å². The Hall–Kier alpha value is -3.44. The van der Waals surface area contributed by atoms with Crippen molar-refractivity contribution in [2.75, 3.05) is 33.9 Å². The fourth-order valence-electron chi connectivity index (χ4n) is 6.89. The van der Waals surface area contributed by atoms with Gasteiger partial charge in [-0.1, -0.05) is 81.5 Å². The van der Waals surface area contributed by atoms with E-state index < -0.39 is 35.5 Å². The number of ketones is 2. The zero-order chi connectivity index (χ0) is 37.4. The molecule has 282 valence electrons. The molecule has 1 aromatic rings. The van der Waals surface area contributed by atoms with Gasteiger partial charge in [0.2, 0.25) is 11.7 Å². The monoisotopic (exact) mass is 708 g/mol. The molecule has 0 unspecified atom stereocenters. The van der Waals surface area contributed by atoms with E-state index in [1.807, 2.05) is 68.5 Å². The number of rotatable bonds is 19. The van der Waals surface area contributed by atoms with Crippen molar-refractivity contribution in [2.45, 2.75) is 110 Å². The van der Waals surface area contributed by atoms with Gasteiger partial charge in [-0.15, -0.1) is 0 Å². The zero-order valence-electron chi connectivity index (χ0n) is 31.5. The first-order valence-electron chi connectivity index (χ1n) is 18.5. The maximum Gasteiger partial charge on any atom is 0.296 e. The number of nitrogens with one attached hydrogen (secondary N) is 1. The number of amides is 2. The molecule has 0 bridgehead atoms. The molecule has 2 heterocycles. The number of allylic oxidation sites excluding steroid dienone is 5. The highest BCUT2D eigenvalue weighted by molar-refractivity contribution is 6.39. The lowest BCUT2D eigenvalue weighted by Crippen LogP contribution is -2.61. The summed E-state index contributed by atoms with van der Waals surface area (Å²) in [6.45, 7) is 8.52. The summed E-state index contributed by atoms with van der Waals surface area (Å²) in [4.78, 5) is 54.0. The van der Waals surface area contributed by atoms with Crippen LogP contribution in [0.15, 0.2) is 66.3 Å². The lowest BCUT2D eigenvalue weighted by molar-refractivity contribution is -0.265. The van der Waals surface area contributed by atoms with E-state index in [4.69, 9.17) is 14.2 Å². The number of likely N-dealkylation sites (tertiary alicyclic amines) is 1. The molecule has 2 fully saturated rings. The second-order valence-electron chi connectivity index (χ2n) is 14.3. The number of Topliss-reactive ketones (excluding diaryl/α,β-unsaturated/α-hetero) is 2. The highest BCUT2D eigenvalue weighted by Crippen LogP contribution is 2.36. The van der Waals surface area contributed by atoms with Gasteiger partial charge in [0.25, 0.3) is 11.7 Å². The highest BCUT2D eigenvalue weighted by atomic mass is 16.6. The van der Waals surface area contributed by atoms with Gasteiger partial charge in [0.1, 0.15) is 12.6 Å². The van der Waals surface area contributed by atoms with Crippen molar-refractivity contribution in [1.29, 1.82) is 0 Å². The molecule has 0 aliphatic carbocycles. The van der Waals surface area contributed by atoms with Crippen LogP contribution in [0.1, 0.15) is 84.6 Å². The lowest BCUT2D eigenvalue weighted by Gasteiger charge is -2.42. The van der Waals surface area contributed by atoms with Crippen molar-refractivity contribution >= 4 is 23.4 Å². The third kappa shape index (κ3) is 12.6. The van der Waals surface area contributed by atoms with Crippen LogP contribution in [-0.2, 0) is 39.8 Å². The van der Waals surface area contributed by atoms with Gasteiger partial charge in [-0.3, -0.25) is 19.2 Å². The minimum Gasteiger partial charge on any atom is -0.377 e. The first-order valence-corrected chi connectivity index (χ1v) is 18.5. The molecule has 2 amide bonds. The van der Waals surface area contributed by atoms with Crippen molar-refractivity contribution in [3.63, 3.8) is 0 Å². The zero-order valence-corrected chi connectivity index (χ0v) is 31.5. The van der Waals surface area contributed by atoms with Crippen LogP contribution in [-0.4, -0.2) is 91.3 Å². The first kappa shape index (κ1) is 42.0. The van der Waals surface area contributed by atoms with Crippen LogP contribution in [0, 0.1) is 17.8 Å². The Morgan fingerprint density at radius 1 is 1.06 bits per heavy atom. The average Bonchev–Trinajstić information content (AvgIpc) is 3.13. The molecule has 7 atom stereocenters. The van der Waals surface area contributed by atoms with Crippen LogP contribution in [0.4, 0.5) is 0 Å². The quantitative estimate of drug-likeness (QED) is 0.109. The first-order chi connectivity index (χ1) is 24.4. The Kier molecular flexibility index (Phi) is 17.4. The summed E-state index contributed by atoms with van der Waals surface area (Å²) in [5.74, 6) is -4.81. The Labute approximate surface area is 304 Å². The van der Waals surface area contributed by atoms with Gasteiger partial charge >= 0.3 is 0 Å². The summed E-state index contributed by atoms with van der Waals surface area (Å²) in [6, 6.07) is 9.26. The van der Waals surface area contributed by atoms with Crippen molar-refractivity contribution in [2.24, 2.45) is 17.8 Å². The van der Waals surface area contributed by atoms with Gasteiger partial charge in [-0.05, 0) is 75.3 Å². The van der Waals surface area contributed by atoms with Crippen LogP contribution in [0.5, 0.6) is 0 Å². The molecule has 2 aliphatic rings. The molecule has 10 nitrogen and oxygen atoms in total. The molecule has 10 heteroatoms. The number of carbonyl (C=O) groups excluding carboxylic acids is 4. The molecule has 0 radical (unpaired) electrons. The smallest absolute Gasteiger partial charge is 0.296 e. The number of benzene rings is 1. The minimum atomic E-state index is -2.29. The second-order valence-corrected chi connectivity index (χ2v) is 14.3. The lowest BCUT2D eigenvalue weighted by atomic mass is 9.85. The fraction of sp³-hybridized carbons (Fsp3) is 0.610. The van der Waals surface area contributed by atoms with Gasteiger partial charge in [0, 0.05) is 45.6 Å². The molecular formula is C41H60N2O8. The molecule has 0 saturated carbocycles. The predicted molar refractivity (Wildman–Crippen MR) is 198 cm³/mol. The van der Waals surface area contributed by atoms with E-state index >= 15 is 0 Å². The summed E-state index contributed by atoms with van der Waals surface area (Å²) >= 11 is 0. The van der Waals surface area contributed by atoms with E-state index in [0.717, 1.165) is 31.3 Å². The van der Waals surface area contributed by atoms with E-state index in [-0.39, 0.29) is 42.8 Å². The summed E-state index contributed by atoms with van der Waals surface area (Å²) in [5, 5.41) is 14.6. The number of nitrogens with zero attached hydrogens (tertiary/aromatic N) is 1. The minimum absolute atomic E-state index is 0.0667. The summed E-state index contributed by atoms with van der Waals surface area (Å²) < 4.78 is 16.8. The maximum absolute atomic E-state index is 13.7. The Balaban J connectivity index is 1.57. The van der Waals surface area contributed by atoms with Crippen molar-refractivity contribution in [1.82, 2.24) is 10.2 Å². The summed E-state index contributed by atoms with van der Waals surface area (Å²) in [6.07, 6.45) is 14.7. The molecule has 1 aromatic carbocycles. The molecule has 2 saturated heterocycles. The van der Waals surface area contributed by atoms with Crippen molar-refractivity contribution in [3.8, 4) is 0 Å². The second kappa shape index (κ2) is 21.2. The number of piperidine rings is 1. The molecule has 0 aromatic heterocycles. The number of hydrogen-bond donors (Lipinski definition) is 2. The Morgan fingerprint density at radius 2 is 1.80 bits per heavy atom.